The molecule has 9 nitrogen and oxygen atoms in total. The van der Waals surface area contributed by atoms with E-state index in [1.165, 1.54) is 0 Å². The monoisotopic (exact) mass is 432 g/mol. The van der Waals surface area contributed by atoms with E-state index in [0.29, 0.717) is 42.5 Å². The molecule has 1 saturated heterocycles. The Morgan fingerprint density at radius 2 is 2.13 bits per heavy atom. The summed E-state index contributed by atoms with van der Waals surface area (Å²) in [6.07, 6.45) is 4.34. The van der Waals surface area contributed by atoms with Gasteiger partial charge in [0.05, 0.1) is 0 Å². The Bertz CT molecular complexity index is 971. The van der Waals surface area contributed by atoms with Crippen LogP contribution in [0.3, 0.4) is 0 Å². The molecule has 0 bridgehead atoms. The lowest BCUT2D eigenvalue weighted by molar-refractivity contribution is 0.0621. The Hall–Kier alpha value is -2.91. The van der Waals surface area contributed by atoms with Gasteiger partial charge in [-0.3, -0.25) is 4.79 Å². The number of halogens is 1. The molecule has 4 rings (SSSR count). The SMILES string of the molecule is CCc1nc(COc2ccc(C(=O)N3CCNCC3c3nccn3C)cc2)no1.Cl. The van der Waals surface area contributed by atoms with Gasteiger partial charge >= 0.3 is 0 Å². The number of nitrogens with zero attached hydrogens (tertiary/aromatic N) is 5. The minimum absolute atomic E-state index is 0. The average Bonchev–Trinajstić information content (AvgIpc) is 3.41. The molecule has 2 aromatic heterocycles. The van der Waals surface area contributed by atoms with Crippen LogP contribution in [0, 0.1) is 0 Å². The fraction of sp³-hybridized carbons (Fsp3) is 0.400. The Kier molecular flexibility index (Phi) is 7.07. The van der Waals surface area contributed by atoms with Gasteiger partial charge in [0.2, 0.25) is 11.7 Å². The van der Waals surface area contributed by atoms with Gasteiger partial charge in [-0.2, -0.15) is 4.98 Å². The maximum absolute atomic E-state index is 13.1. The molecule has 0 aliphatic carbocycles. The maximum Gasteiger partial charge on any atom is 0.254 e. The number of aromatic nitrogens is 4. The van der Waals surface area contributed by atoms with Gasteiger partial charge in [0.1, 0.15) is 17.6 Å². The number of rotatable bonds is 6. The number of ether oxygens (including phenoxy) is 1. The lowest BCUT2D eigenvalue weighted by atomic mass is 10.1. The molecule has 1 aliphatic rings. The first-order valence-corrected chi connectivity index (χ1v) is 9.69. The Balaban J connectivity index is 0.00000256. The normalized spacial score (nSPS) is 16.2. The van der Waals surface area contributed by atoms with Crippen LogP contribution in [0.15, 0.2) is 41.2 Å². The summed E-state index contributed by atoms with van der Waals surface area (Å²) in [6.45, 7) is 4.24. The lowest BCUT2D eigenvalue weighted by Crippen LogP contribution is -2.49. The molecule has 160 valence electrons. The highest BCUT2D eigenvalue weighted by Crippen LogP contribution is 2.23. The molecule has 0 spiro atoms. The van der Waals surface area contributed by atoms with Crippen LogP contribution in [0.4, 0.5) is 0 Å². The van der Waals surface area contributed by atoms with Crippen molar-refractivity contribution < 1.29 is 14.1 Å². The van der Waals surface area contributed by atoms with Crippen molar-refractivity contribution in [1.82, 2.24) is 29.9 Å². The molecule has 10 heteroatoms. The fourth-order valence-corrected chi connectivity index (χ4v) is 3.38. The topological polar surface area (TPSA) is 98.3 Å². The number of hydrogen-bond acceptors (Lipinski definition) is 7. The first-order chi connectivity index (χ1) is 14.2. The van der Waals surface area contributed by atoms with Crippen LogP contribution in [0.5, 0.6) is 5.75 Å². The van der Waals surface area contributed by atoms with Crippen molar-refractivity contribution in [2.45, 2.75) is 26.0 Å². The summed E-state index contributed by atoms with van der Waals surface area (Å²) in [5, 5.41) is 7.21. The summed E-state index contributed by atoms with van der Waals surface area (Å²) >= 11 is 0. The number of piperazine rings is 1. The third-order valence-corrected chi connectivity index (χ3v) is 4.94. The van der Waals surface area contributed by atoms with E-state index in [-0.39, 0.29) is 31.0 Å². The third kappa shape index (κ3) is 4.63. The quantitative estimate of drug-likeness (QED) is 0.637. The second-order valence-electron chi connectivity index (χ2n) is 6.89. The van der Waals surface area contributed by atoms with Gasteiger partial charge in [0.15, 0.2) is 6.61 Å². The molecule has 3 heterocycles. The predicted molar refractivity (Wildman–Crippen MR) is 112 cm³/mol. The number of carbonyl (C=O) groups excluding carboxylic acids is 1. The van der Waals surface area contributed by atoms with Crippen LogP contribution < -0.4 is 10.1 Å². The van der Waals surface area contributed by atoms with E-state index in [0.717, 1.165) is 12.4 Å². The van der Waals surface area contributed by atoms with Gasteiger partial charge in [-0.25, -0.2) is 4.98 Å². The number of amides is 1. The predicted octanol–water partition coefficient (Wildman–Crippen LogP) is 2.15. The van der Waals surface area contributed by atoms with E-state index in [1.807, 2.05) is 29.6 Å². The summed E-state index contributed by atoms with van der Waals surface area (Å²) in [6, 6.07) is 7.03. The Labute approximate surface area is 180 Å². The summed E-state index contributed by atoms with van der Waals surface area (Å²) in [4.78, 5) is 23.6. The highest BCUT2D eigenvalue weighted by Gasteiger charge is 2.31. The van der Waals surface area contributed by atoms with Gasteiger partial charge in [-0.05, 0) is 24.3 Å². The summed E-state index contributed by atoms with van der Waals surface area (Å²) < 4.78 is 12.7. The molecule has 30 heavy (non-hydrogen) atoms. The van der Waals surface area contributed by atoms with E-state index in [9.17, 15) is 4.79 Å². The van der Waals surface area contributed by atoms with Gasteiger partial charge in [0.25, 0.3) is 5.91 Å². The van der Waals surface area contributed by atoms with Crippen molar-refractivity contribution in [3.8, 4) is 5.75 Å². The summed E-state index contributed by atoms with van der Waals surface area (Å²) in [5.74, 6) is 2.59. The molecule has 1 atom stereocenters. The maximum atomic E-state index is 13.1. The molecule has 1 fully saturated rings. The molecular weight excluding hydrogens is 408 g/mol. The first kappa shape index (κ1) is 21.8. The summed E-state index contributed by atoms with van der Waals surface area (Å²) in [5.41, 5.74) is 0.617. The molecule has 3 aromatic rings. The van der Waals surface area contributed by atoms with Crippen molar-refractivity contribution in [2.24, 2.45) is 7.05 Å². The molecule has 0 radical (unpaired) electrons. The van der Waals surface area contributed by atoms with E-state index in [1.54, 1.807) is 30.5 Å². The van der Waals surface area contributed by atoms with Crippen molar-refractivity contribution in [1.29, 1.82) is 0 Å². The number of imidazole rings is 1. The fourth-order valence-electron chi connectivity index (χ4n) is 3.38. The number of benzene rings is 1. The van der Waals surface area contributed by atoms with Crippen LogP contribution in [0.1, 0.15) is 40.9 Å². The van der Waals surface area contributed by atoms with Crippen LogP contribution in [0.25, 0.3) is 0 Å². The number of hydrogen-bond donors (Lipinski definition) is 1. The van der Waals surface area contributed by atoms with Gasteiger partial charge in [-0.1, -0.05) is 12.1 Å². The zero-order valence-electron chi connectivity index (χ0n) is 16.9. The largest absolute Gasteiger partial charge is 0.485 e. The molecule has 1 aliphatic heterocycles. The molecule has 1 unspecified atom stereocenters. The van der Waals surface area contributed by atoms with Crippen molar-refractivity contribution in [3.63, 3.8) is 0 Å². The minimum atomic E-state index is -0.0989. The second-order valence-corrected chi connectivity index (χ2v) is 6.89. The van der Waals surface area contributed by atoms with Crippen molar-refractivity contribution in [2.75, 3.05) is 19.6 Å². The van der Waals surface area contributed by atoms with E-state index in [4.69, 9.17) is 9.26 Å². The van der Waals surface area contributed by atoms with E-state index < -0.39 is 0 Å². The molecule has 1 amide bonds. The lowest BCUT2D eigenvalue weighted by Gasteiger charge is -2.35. The summed E-state index contributed by atoms with van der Waals surface area (Å²) in [7, 11) is 1.94. The molecule has 0 saturated carbocycles. The van der Waals surface area contributed by atoms with Crippen LogP contribution >= 0.6 is 12.4 Å². The Morgan fingerprint density at radius 3 is 2.80 bits per heavy atom. The van der Waals surface area contributed by atoms with Crippen LogP contribution in [-0.4, -0.2) is 50.1 Å². The Morgan fingerprint density at radius 1 is 1.33 bits per heavy atom. The second kappa shape index (κ2) is 9.73. The van der Waals surface area contributed by atoms with Crippen LogP contribution in [0.2, 0.25) is 0 Å². The average molecular weight is 433 g/mol. The third-order valence-electron chi connectivity index (χ3n) is 4.94. The number of nitrogens with one attached hydrogen (secondary N) is 1. The number of carbonyl (C=O) groups is 1. The van der Waals surface area contributed by atoms with Crippen molar-refractivity contribution >= 4 is 18.3 Å². The van der Waals surface area contributed by atoms with Crippen LogP contribution in [-0.2, 0) is 20.1 Å². The van der Waals surface area contributed by atoms with Gasteiger partial charge in [0, 0.05) is 51.1 Å². The first-order valence-electron chi connectivity index (χ1n) is 9.69. The molecule has 1 N–H and O–H groups in total. The molecular formula is C20H25ClN6O3. The highest BCUT2D eigenvalue weighted by atomic mass is 35.5. The standard InChI is InChI=1S/C20H24N6O3.ClH/c1-3-18-23-17(24-29-18)13-28-15-6-4-14(5-7-15)20(27)26-11-8-21-12-16(26)19-22-9-10-25(19)2;/h4-7,9-10,16,21H,3,8,11-13H2,1-2H3;1H. The zero-order valence-corrected chi connectivity index (χ0v) is 17.8. The van der Waals surface area contributed by atoms with E-state index in [2.05, 4.69) is 20.4 Å². The van der Waals surface area contributed by atoms with Crippen molar-refractivity contribution in [3.05, 3.63) is 59.8 Å². The number of aryl methyl sites for hydroxylation is 2. The zero-order chi connectivity index (χ0) is 20.2. The smallest absolute Gasteiger partial charge is 0.254 e. The van der Waals surface area contributed by atoms with Gasteiger partial charge in [-0.15, -0.1) is 12.4 Å². The van der Waals surface area contributed by atoms with E-state index >= 15 is 0 Å². The van der Waals surface area contributed by atoms with Gasteiger partial charge < -0.3 is 24.0 Å². The minimum Gasteiger partial charge on any atom is -0.485 e. The molecule has 1 aromatic carbocycles. The highest BCUT2D eigenvalue weighted by molar-refractivity contribution is 5.94.